The topological polar surface area (TPSA) is 54.4 Å². The minimum absolute atomic E-state index is 0.0835. The molecule has 1 N–H and O–H groups in total. The summed E-state index contributed by atoms with van der Waals surface area (Å²) in [7, 11) is 0. The summed E-state index contributed by atoms with van der Waals surface area (Å²) in [4.78, 5) is 26.3. The summed E-state index contributed by atoms with van der Waals surface area (Å²) in [5.41, 5.74) is 0.0223. The second-order valence-corrected chi connectivity index (χ2v) is 14.0. The van der Waals surface area contributed by atoms with Crippen molar-refractivity contribution < 1.29 is 14.7 Å². The number of rotatable bonds is 2. The minimum Gasteiger partial charge on any atom is -0.481 e. The second-order valence-electron chi connectivity index (χ2n) is 14.0. The molecule has 4 fully saturated rings. The maximum absolute atomic E-state index is 13.5. The van der Waals surface area contributed by atoms with E-state index in [4.69, 9.17) is 0 Å². The van der Waals surface area contributed by atoms with Crippen molar-refractivity contribution in [2.24, 2.45) is 56.7 Å². The van der Waals surface area contributed by atoms with Gasteiger partial charge in [0.25, 0.3) is 0 Å². The van der Waals surface area contributed by atoms with Crippen LogP contribution in [0.1, 0.15) is 92.9 Å². The highest BCUT2D eigenvalue weighted by Crippen LogP contribution is 2.76. The van der Waals surface area contributed by atoms with E-state index >= 15 is 0 Å². The Morgan fingerprint density at radius 2 is 1.67 bits per heavy atom. The van der Waals surface area contributed by atoms with Gasteiger partial charge in [0.2, 0.25) is 0 Å². The summed E-state index contributed by atoms with van der Waals surface area (Å²) in [5, 5.41) is 11.1. The summed E-state index contributed by atoms with van der Waals surface area (Å²) in [6.07, 6.45) is 12.2. The third-order valence-electron chi connectivity index (χ3n) is 12.6. The number of hydrogen-bond acceptors (Lipinski definition) is 2. The molecule has 0 spiro atoms. The Morgan fingerprint density at radius 1 is 0.970 bits per heavy atom. The van der Waals surface area contributed by atoms with Crippen LogP contribution >= 0.6 is 0 Å². The van der Waals surface area contributed by atoms with Crippen molar-refractivity contribution in [2.75, 3.05) is 0 Å². The number of carboxylic acid groups (broad SMARTS) is 1. The van der Waals surface area contributed by atoms with Gasteiger partial charge in [-0.05, 0) is 110 Å². The van der Waals surface area contributed by atoms with Gasteiger partial charge in [-0.15, -0.1) is 0 Å². The Balaban J connectivity index is 1.65. The zero-order valence-corrected chi connectivity index (χ0v) is 21.7. The van der Waals surface area contributed by atoms with E-state index in [0.29, 0.717) is 29.6 Å². The zero-order valence-electron chi connectivity index (χ0n) is 21.7. The monoisotopic (exact) mass is 452 g/mol. The molecule has 0 bridgehead atoms. The normalized spacial score (nSPS) is 52.3. The average molecular weight is 453 g/mol. The fraction of sp³-hybridized carbons (Fsp3) is 0.800. The van der Waals surface area contributed by atoms with Crippen LogP contribution < -0.4 is 0 Å². The Kier molecular flexibility index (Phi) is 4.85. The molecule has 0 aromatic carbocycles. The van der Waals surface area contributed by atoms with Gasteiger partial charge in [0.1, 0.15) is 0 Å². The van der Waals surface area contributed by atoms with E-state index in [1.54, 1.807) is 6.08 Å². The zero-order chi connectivity index (χ0) is 24.2. The molecule has 5 aliphatic rings. The minimum atomic E-state index is -0.717. The highest BCUT2D eigenvalue weighted by atomic mass is 16.4. The van der Waals surface area contributed by atoms with E-state index in [1.165, 1.54) is 18.4 Å². The van der Waals surface area contributed by atoms with Crippen molar-refractivity contribution >= 4 is 11.8 Å². The summed E-state index contributed by atoms with van der Waals surface area (Å²) in [6, 6.07) is 0. The summed E-state index contributed by atoms with van der Waals surface area (Å²) < 4.78 is 0. The number of allylic oxidation sites excluding steroid dienone is 3. The maximum atomic E-state index is 13.5. The first kappa shape index (κ1) is 23.4. The third kappa shape index (κ3) is 2.63. The molecule has 0 aromatic heterocycles. The maximum Gasteiger partial charge on any atom is 0.310 e. The van der Waals surface area contributed by atoms with Crippen molar-refractivity contribution in [1.29, 1.82) is 0 Å². The van der Waals surface area contributed by atoms with Crippen molar-refractivity contribution in [2.45, 2.75) is 92.9 Å². The van der Waals surface area contributed by atoms with Gasteiger partial charge in [-0.2, -0.15) is 0 Å². The number of carbonyl (C=O) groups is 2. The molecule has 0 heterocycles. The highest BCUT2D eigenvalue weighted by Gasteiger charge is 2.74. The molecule has 182 valence electrons. The lowest BCUT2D eigenvalue weighted by Gasteiger charge is -2.70. The van der Waals surface area contributed by atoms with Gasteiger partial charge in [-0.25, -0.2) is 0 Å². The quantitative estimate of drug-likeness (QED) is 0.456. The molecule has 5 rings (SSSR count). The van der Waals surface area contributed by atoms with E-state index in [9.17, 15) is 14.7 Å². The molecule has 3 nitrogen and oxygen atoms in total. The van der Waals surface area contributed by atoms with Crippen molar-refractivity contribution in [1.82, 2.24) is 0 Å². The standard InChI is InChI=1S/C30H44O3/c1-18(2)19-10-13-27(5)16-17-29(7)20(24(19)27)8-9-22-28(6)14-12-23(31)26(3,4)21(28)11-15-30(22,29)25(32)33/h12,14,19-22,24H,1,8-11,13,15-17H2,2-7H3,(H,32,33). The highest BCUT2D eigenvalue weighted by molar-refractivity contribution is 5.96. The van der Waals surface area contributed by atoms with E-state index < -0.39 is 16.8 Å². The van der Waals surface area contributed by atoms with Gasteiger partial charge in [-0.1, -0.05) is 52.8 Å². The van der Waals surface area contributed by atoms with Gasteiger partial charge in [-0.3, -0.25) is 9.59 Å². The van der Waals surface area contributed by atoms with Gasteiger partial charge in [0.05, 0.1) is 5.41 Å². The van der Waals surface area contributed by atoms with Crippen LogP contribution in [0.4, 0.5) is 0 Å². The number of hydrogen-bond donors (Lipinski definition) is 1. The first-order valence-corrected chi connectivity index (χ1v) is 13.4. The third-order valence-corrected chi connectivity index (χ3v) is 12.6. The summed E-state index contributed by atoms with van der Waals surface area (Å²) >= 11 is 0. The summed E-state index contributed by atoms with van der Waals surface area (Å²) in [5.74, 6) is 1.45. The van der Waals surface area contributed by atoms with Gasteiger partial charge < -0.3 is 5.11 Å². The van der Waals surface area contributed by atoms with E-state index in [2.05, 4.69) is 54.2 Å². The molecule has 5 aliphatic carbocycles. The van der Waals surface area contributed by atoms with Crippen LogP contribution in [0.5, 0.6) is 0 Å². The lowest BCUT2D eigenvalue weighted by Crippen LogP contribution is -2.68. The smallest absolute Gasteiger partial charge is 0.310 e. The predicted molar refractivity (Wildman–Crippen MR) is 132 cm³/mol. The Bertz CT molecular complexity index is 944. The number of fused-ring (bicyclic) bond motifs is 7. The average Bonchev–Trinajstić information content (AvgIpc) is 3.09. The number of ketones is 1. The van der Waals surface area contributed by atoms with Crippen molar-refractivity contribution in [3.05, 3.63) is 24.3 Å². The molecule has 0 amide bonds. The van der Waals surface area contributed by atoms with Crippen LogP contribution in [0.25, 0.3) is 0 Å². The van der Waals surface area contributed by atoms with Crippen LogP contribution in [0.2, 0.25) is 0 Å². The first-order chi connectivity index (χ1) is 15.3. The van der Waals surface area contributed by atoms with Crippen LogP contribution in [0.15, 0.2) is 24.3 Å². The molecule has 3 heteroatoms. The molecule has 33 heavy (non-hydrogen) atoms. The fourth-order valence-corrected chi connectivity index (χ4v) is 10.8. The molecule has 0 aliphatic heterocycles. The fourth-order valence-electron chi connectivity index (χ4n) is 10.8. The molecule has 4 saturated carbocycles. The Labute approximate surface area is 200 Å². The van der Waals surface area contributed by atoms with E-state index in [0.717, 1.165) is 32.1 Å². The first-order valence-electron chi connectivity index (χ1n) is 13.4. The largest absolute Gasteiger partial charge is 0.481 e. The molecule has 9 unspecified atom stereocenters. The number of carbonyl (C=O) groups excluding carboxylic acids is 1. The lowest BCUT2D eigenvalue weighted by atomic mass is 9.32. The van der Waals surface area contributed by atoms with Crippen LogP contribution in [-0.4, -0.2) is 16.9 Å². The van der Waals surface area contributed by atoms with Gasteiger partial charge in [0.15, 0.2) is 5.78 Å². The van der Waals surface area contributed by atoms with Crippen LogP contribution in [0.3, 0.4) is 0 Å². The molecule has 0 saturated heterocycles. The van der Waals surface area contributed by atoms with Crippen LogP contribution in [-0.2, 0) is 9.59 Å². The molecule has 0 radical (unpaired) electrons. The lowest BCUT2D eigenvalue weighted by molar-refractivity contribution is -0.232. The number of carboxylic acids is 1. The molecule has 0 aromatic rings. The summed E-state index contributed by atoms with van der Waals surface area (Å²) in [6.45, 7) is 17.9. The van der Waals surface area contributed by atoms with E-state index in [-0.39, 0.29) is 28.4 Å². The van der Waals surface area contributed by atoms with Gasteiger partial charge in [0, 0.05) is 5.41 Å². The Hall–Kier alpha value is -1.38. The predicted octanol–water partition coefficient (Wildman–Crippen LogP) is 7.07. The SMILES string of the molecule is C=C(C)C1CCC2(C)CCC3(C)C(CCC4C5(C)C=CC(=O)C(C)(C)C5CCC43C(=O)O)C12. The van der Waals surface area contributed by atoms with Crippen molar-refractivity contribution in [3.8, 4) is 0 Å². The molecular formula is C30H44O3. The van der Waals surface area contributed by atoms with Crippen LogP contribution in [0, 0.1) is 56.7 Å². The molecule has 9 atom stereocenters. The second kappa shape index (κ2) is 6.85. The van der Waals surface area contributed by atoms with Gasteiger partial charge >= 0.3 is 5.97 Å². The molecular weight excluding hydrogens is 408 g/mol. The van der Waals surface area contributed by atoms with E-state index in [1.807, 2.05) is 0 Å². The van der Waals surface area contributed by atoms with Crippen molar-refractivity contribution in [3.63, 3.8) is 0 Å². The number of aliphatic carboxylic acids is 1. The Morgan fingerprint density at radius 3 is 2.30 bits per heavy atom.